The number of nitrogens with zero attached hydrogens (tertiary/aromatic N) is 3. The van der Waals surface area contributed by atoms with Crippen LogP contribution >= 0.6 is 11.3 Å². The molecule has 1 aromatic rings. The summed E-state index contributed by atoms with van der Waals surface area (Å²) < 4.78 is 4.86. The third-order valence-corrected chi connectivity index (χ3v) is 3.15. The third kappa shape index (κ3) is 3.80. The molecule has 1 amide bonds. The maximum Gasteiger partial charge on any atom is 0.414 e. The van der Waals surface area contributed by atoms with E-state index in [1.807, 2.05) is 6.07 Å². The minimum Gasteiger partial charge on any atom is -0.382 e. The van der Waals surface area contributed by atoms with Gasteiger partial charge in [0.1, 0.15) is 16.5 Å². The Morgan fingerprint density at radius 2 is 2.15 bits per heavy atom. The van der Waals surface area contributed by atoms with Gasteiger partial charge in [-0.05, 0) is 6.92 Å². The second kappa shape index (κ2) is 6.68. The summed E-state index contributed by atoms with van der Waals surface area (Å²) in [5, 5.41) is 11.4. The summed E-state index contributed by atoms with van der Waals surface area (Å²) in [6, 6.07) is 1.85. The smallest absolute Gasteiger partial charge is 0.382 e. The van der Waals surface area contributed by atoms with Gasteiger partial charge in [-0.25, -0.2) is 9.78 Å². The molecule has 1 rings (SSSR count). The van der Waals surface area contributed by atoms with Gasteiger partial charge < -0.3 is 15.0 Å². The van der Waals surface area contributed by atoms with Crippen LogP contribution in [-0.2, 0) is 0 Å². The lowest BCUT2D eigenvalue weighted by Gasteiger charge is -2.05. The number of rotatable bonds is 4. The van der Waals surface area contributed by atoms with Crippen LogP contribution in [0.1, 0.15) is 15.4 Å². The first-order valence-electron chi connectivity index (χ1n) is 5.59. The number of aromatic nitrogens is 1. The van der Waals surface area contributed by atoms with E-state index in [1.54, 1.807) is 25.9 Å². The van der Waals surface area contributed by atoms with Crippen molar-refractivity contribution >= 4 is 23.2 Å². The zero-order chi connectivity index (χ0) is 15.3. The predicted molar refractivity (Wildman–Crippen MR) is 73.6 cm³/mol. The van der Waals surface area contributed by atoms with Gasteiger partial charge in [0.2, 0.25) is 5.78 Å². The molecule has 1 heterocycles. The Balaban J connectivity index is 3.06. The summed E-state index contributed by atoms with van der Waals surface area (Å²) in [5.74, 6) is -0.442. The average Bonchev–Trinajstić information content (AvgIpc) is 2.75. The Labute approximate surface area is 120 Å². The van der Waals surface area contributed by atoms with Gasteiger partial charge in [0.25, 0.3) is 5.19 Å². The molecule has 0 fully saturated rings. The minimum absolute atomic E-state index is 0.00626. The topological polar surface area (TPSA) is 95.3 Å². The number of nitriles is 1. The van der Waals surface area contributed by atoms with Crippen LogP contribution in [0.4, 0.5) is 4.79 Å². The van der Waals surface area contributed by atoms with Gasteiger partial charge in [0.15, 0.2) is 0 Å². The number of thiazole rings is 1. The molecule has 1 N–H and O–H groups in total. The van der Waals surface area contributed by atoms with Crippen molar-refractivity contribution in [2.45, 2.75) is 6.92 Å². The van der Waals surface area contributed by atoms with Crippen molar-refractivity contribution in [1.29, 1.82) is 5.26 Å². The number of hydrogen-bond donors (Lipinski definition) is 1. The summed E-state index contributed by atoms with van der Waals surface area (Å²) in [5.41, 5.74) is 0.409. The number of carbonyl (C=O) groups is 2. The van der Waals surface area contributed by atoms with Gasteiger partial charge in [-0.15, -0.1) is 0 Å². The largest absolute Gasteiger partial charge is 0.414 e. The number of nitrogens with one attached hydrogen (secondary N) is 1. The molecule has 20 heavy (non-hydrogen) atoms. The number of Topliss-reactive ketones (excluding diaryl/α,β-unsaturated/α-hetero) is 1. The Hall–Kier alpha value is -2.40. The molecule has 7 nitrogen and oxygen atoms in total. The van der Waals surface area contributed by atoms with Gasteiger partial charge in [0, 0.05) is 27.3 Å². The highest BCUT2D eigenvalue weighted by atomic mass is 32.1. The zero-order valence-electron chi connectivity index (χ0n) is 11.6. The van der Waals surface area contributed by atoms with Gasteiger partial charge >= 0.3 is 6.09 Å². The van der Waals surface area contributed by atoms with Crippen molar-refractivity contribution in [3.8, 4) is 11.3 Å². The van der Waals surface area contributed by atoms with Crippen molar-refractivity contribution in [2.75, 3.05) is 21.1 Å². The molecule has 0 atom stereocenters. The van der Waals surface area contributed by atoms with Crippen LogP contribution in [0.5, 0.6) is 5.19 Å². The lowest BCUT2D eigenvalue weighted by molar-refractivity contribution is 0.104. The van der Waals surface area contributed by atoms with E-state index in [-0.39, 0.29) is 15.6 Å². The second-order valence-electron chi connectivity index (χ2n) is 3.98. The molecule has 0 aliphatic carbocycles. The summed E-state index contributed by atoms with van der Waals surface area (Å²) in [7, 11) is 4.84. The van der Waals surface area contributed by atoms with E-state index in [0.29, 0.717) is 5.69 Å². The number of allylic oxidation sites excluding steroid dienone is 1. The fraction of sp³-hybridized carbons (Fsp3) is 0.333. The number of hydrogen-bond acceptors (Lipinski definition) is 7. The molecule has 0 aliphatic rings. The third-order valence-electron chi connectivity index (χ3n) is 2.12. The van der Waals surface area contributed by atoms with E-state index in [0.717, 1.165) is 11.3 Å². The van der Waals surface area contributed by atoms with Crippen molar-refractivity contribution in [3.63, 3.8) is 0 Å². The maximum atomic E-state index is 12.2. The Morgan fingerprint density at radius 3 is 2.65 bits per heavy atom. The van der Waals surface area contributed by atoms with Crippen molar-refractivity contribution < 1.29 is 14.3 Å². The Morgan fingerprint density at radius 1 is 1.50 bits per heavy atom. The highest BCUT2D eigenvalue weighted by Gasteiger charge is 2.21. The molecule has 1 aromatic heterocycles. The number of aryl methyl sites for hydroxylation is 1. The highest BCUT2D eigenvalue weighted by Crippen LogP contribution is 2.27. The molecule has 0 saturated heterocycles. The van der Waals surface area contributed by atoms with Crippen molar-refractivity contribution in [1.82, 2.24) is 15.2 Å². The summed E-state index contributed by atoms with van der Waals surface area (Å²) >= 11 is 0.928. The fourth-order valence-corrected chi connectivity index (χ4v) is 2.15. The molecule has 0 spiro atoms. The molecule has 106 valence electrons. The van der Waals surface area contributed by atoms with Crippen LogP contribution in [-0.4, -0.2) is 42.9 Å². The van der Waals surface area contributed by atoms with Gasteiger partial charge in [-0.2, -0.15) is 5.26 Å². The molecule has 0 bridgehead atoms. The van der Waals surface area contributed by atoms with Crippen LogP contribution < -0.4 is 10.1 Å². The number of carbonyl (C=O) groups excluding carboxylic acids is 2. The minimum atomic E-state index is -0.665. The SMILES string of the molecule is CNC(=O)Oc1nc(C)c(C(=O)C(C#N)=CN(C)C)s1. The van der Waals surface area contributed by atoms with Gasteiger partial charge in [-0.3, -0.25) is 4.79 Å². The summed E-state index contributed by atoms with van der Waals surface area (Å²) in [6.45, 7) is 1.62. The normalized spacial score (nSPS) is 10.7. The van der Waals surface area contributed by atoms with Crippen LogP contribution in [0.25, 0.3) is 0 Å². The Kier molecular flexibility index (Phi) is 5.23. The van der Waals surface area contributed by atoms with E-state index in [2.05, 4.69) is 10.3 Å². The summed E-state index contributed by atoms with van der Waals surface area (Å²) in [4.78, 5) is 29.1. The molecule has 0 aromatic carbocycles. The highest BCUT2D eigenvalue weighted by molar-refractivity contribution is 7.15. The molecule has 0 aliphatic heterocycles. The summed E-state index contributed by atoms with van der Waals surface area (Å²) in [6.07, 6.45) is 0.767. The number of ketones is 1. The monoisotopic (exact) mass is 294 g/mol. The lowest BCUT2D eigenvalue weighted by Crippen LogP contribution is -2.21. The van der Waals surface area contributed by atoms with Crippen LogP contribution in [0.3, 0.4) is 0 Å². The Bertz CT molecular complexity index is 598. The van der Waals surface area contributed by atoms with E-state index < -0.39 is 11.9 Å². The lowest BCUT2D eigenvalue weighted by atomic mass is 10.1. The van der Waals surface area contributed by atoms with Gasteiger partial charge in [0.05, 0.1) is 5.69 Å². The molecule has 0 saturated carbocycles. The maximum absolute atomic E-state index is 12.2. The van der Waals surface area contributed by atoms with Crippen molar-refractivity contribution in [3.05, 3.63) is 22.3 Å². The fourth-order valence-electron chi connectivity index (χ4n) is 1.28. The van der Waals surface area contributed by atoms with Crippen LogP contribution in [0.15, 0.2) is 11.8 Å². The van der Waals surface area contributed by atoms with E-state index in [1.165, 1.54) is 13.2 Å². The van der Waals surface area contributed by atoms with Crippen LogP contribution in [0.2, 0.25) is 0 Å². The van der Waals surface area contributed by atoms with E-state index >= 15 is 0 Å². The van der Waals surface area contributed by atoms with Crippen molar-refractivity contribution in [2.24, 2.45) is 0 Å². The van der Waals surface area contributed by atoms with E-state index in [4.69, 9.17) is 10.00 Å². The number of amides is 1. The predicted octanol–water partition coefficient (Wildman–Crippen LogP) is 1.32. The molecule has 0 unspecified atom stereocenters. The zero-order valence-corrected chi connectivity index (χ0v) is 12.4. The molecule has 8 heteroatoms. The average molecular weight is 294 g/mol. The van der Waals surface area contributed by atoms with E-state index in [9.17, 15) is 9.59 Å². The second-order valence-corrected chi connectivity index (χ2v) is 4.94. The molecule has 0 radical (unpaired) electrons. The molecular weight excluding hydrogens is 280 g/mol. The van der Waals surface area contributed by atoms with Gasteiger partial charge in [-0.1, -0.05) is 11.3 Å². The van der Waals surface area contributed by atoms with Crippen LogP contribution in [0, 0.1) is 18.3 Å². The standard InChI is InChI=1S/C12H14N4O3S/c1-7-10(9(17)8(5-13)6-16(3)4)20-12(15-7)19-11(18)14-2/h6H,1-4H3,(H,14,18). The quantitative estimate of drug-likeness (QED) is 0.511. The first-order chi connectivity index (χ1) is 9.38. The molecular formula is C12H14N4O3S. The first kappa shape index (κ1) is 15.7. The first-order valence-corrected chi connectivity index (χ1v) is 6.40. The number of ether oxygens (including phenoxy) is 1.